The zero-order chi connectivity index (χ0) is 21.2. The minimum absolute atomic E-state index is 0.184. The Bertz CT molecular complexity index is 840. The zero-order valence-electron chi connectivity index (χ0n) is 15.8. The van der Waals surface area contributed by atoms with Crippen molar-refractivity contribution >= 4 is 29.5 Å². The number of hydrogen-bond donors (Lipinski definition) is 3. The summed E-state index contributed by atoms with van der Waals surface area (Å²) in [5.41, 5.74) is 6.68. The number of halogens is 1. The second-order valence-corrected chi connectivity index (χ2v) is 6.54. The number of nitrogens with two attached hydrogens (primary N) is 1. The van der Waals surface area contributed by atoms with E-state index in [1.807, 2.05) is 12.1 Å². The van der Waals surface area contributed by atoms with Crippen LogP contribution in [0.5, 0.6) is 5.75 Å². The zero-order valence-corrected chi connectivity index (χ0v) is 16.6. The van der Waals surface area contributed by atoms with Crippen molar-refractivity contribution in [2.45, 2.75) is 19.0 Å². The van der Waals surface area contributed by atoms with Crippen LogP contribution in [0.2, 0.25) is 5.02 Å². The molecule has 9 heteroatoms. The smallest absolute Gasteiger partial charge is 0.312 e. The predicted molar refractivity (Wildman–Crippen MR) is 107 cm³/mol. The number of rotatable bonds is 9. The van der Waals surface area contributed by atoms with Gasteiger partial charge in [0.05, 0.1) is 19.6 Å². The van der Waals surface area contributed by atoms with E-state index in [-0.39, 0.29) is 13.0 Å². The molecule has 0 radical (unpaired) electrons. The van der Waals surface area contributed by atoms with E-state index >= 15 is 0 Å². The van der Waals surface area contributed by atoms with Crippen LogP contribution in [0.15, 0.2) is 48.5 Å². The normalized spacial score (nSPS) is 11.2. The highest BCUT2D eigenvalue weighted by Gasteiger charge is 2.19. The van der Waals surface area contributed by atoms with Crippen LogP contribution in [0.25, 0.3) is 0 Å². The largest absolute Gasteiger partial charge is 0.497 e. The van der Waals surface area contributed by atoms with Gasteiger partial charge in [-0.15, -0.1) is 0 Å². The van der Waals surface area contributed by atoms with Gasteiger partial charge in [0.2, 0.25) is 0 Å². The first-order valence-electron chi connectivity index (χ1n) is 8.74. The Morgan fingerprint density at radius 3 is 2.31 bits per heavy atom. The highest BCUT2D eigenvalue weighted by molar-refractivity contribution is 6.30. The highest BCUT2D eigenvalue weighted by atomic mass is 35.5. The first kappa shape index (κ1) is 22.0. The lowest BCUT2D eigenvalue weighted by Crippen LogP contribution is -2.35. The van der Waals surface area contributed by atoms with Gasteiger partial charge in [-0.1, -0.05) is 35.9 Å². The third-order valence-corrected chi connectivity index (χ3v) is 4.22. The standard InChI is InChI=1S/C20H22ClN3O5/c1-28-16-8-2-13(3-9-16)11-23-18(25)12-29-19(26)10-17(24-20(22)27)14-4-6-15(21)7-5-14/h2-9,17H,10-12H2,1H3,(H,23,25)(H3,22,24,27)/t17-/m0/s1. The number of nitrogens with one attached hydrogen (secondary N) is 2. The van der Waals surface area contributed by atoms with E-state index in [9.17, 15) is 14.4 Å². The molecule has 0 heterocycles. The van der Waals surface area contributed by atoms with Crippen LogP contribution >= 0.6 is 11.6 Å². The third-order valence-electron chi connectivity index (χ3n) is 3.97. The quantitative estimate of drug-likeness (QED) is 0.539. The molecule has 1 atom stereocenters. The average molecular weight is 420 g/mol. The van der Waals surface area contributed by atoms with Crippen molar-refractivity contribution < 1.29 is 23.9 Å². The van der Waals surface area contributed by atoms with E-state index in [1.54, 1.807) is 43.5 Å². The van der Waals surface area contributed by atoms with E-state index in [2.05, 4.69) is 10.6 Å². The molecule has 0 aliphatic heterocycles. The molecule has 2 aromatic rings. The Morgan fingerprint density at radius 1 is 1.07 bits per heavy atom. The fraction of sp³-hybridized carbons (Fsp3) is 0.250. The van der Waals surface area contributed by atoms with Crippen LogP contribution in [-0.4, -0.2) is 31.6 Å². The molecule has 154 valence electrons. The lowest BCUT2D eigenvalue weighted by Gasteiger charge is -2.17. The van der Waals surface area contributed by atoms with E-state index in [0.717, 1.165) is 5.56 Å². The van der Waals surface area contributed by atoms with Crippen molar-refractivity contribution in [1.82, 2.24) is 10.6 Å². The number of amides is 3. The van der Waals surface area contributed by atoms with Gasteiger partial charge in [-0.3, -0.25) is 9.59 Å². The number of methoxy groups -OCH3 is 1. The van der Waals surface area contributed by atoms with Gasteiger partial charge >= 0.3 is 12.0 Å². The van der Waals surface area contributed by atoms with E-state index < -0.39 is 30.6 Å². The number of carbonyl (C=O) groups is 3. The van der Waals surface area contributed by atoms with Crippen LogP contribution in [0, 0.1) is 0 Å². The summed E-state index contributed by atoms with van der Waals surface area (Å²) >= 11 is 5.85. The van der Waals surface area contributed by atoms with Crippen LogP contribution in [0.1, 0.15) is 23.6 Å². The minimum atomic E-state index is -0.782. The molecule has 0 bridgehead atoms. The van der Waals surface area contributed by atoms with Crippen LogP contribution in [-0.2, 0) is 20.9 Å². The third kappa shape index (κ3) is 7.71. The monoisotopic (exact) mass is 419 g/mol. The topological polar surface area (TPSA) is 120 Å². The maximum Gasteiger partial charge on any atom is 0.312 e. The second kappa shape index (κ2) is 10.9. The Balaban J connectivity index is 1.81. The summed E-state index contributed by atoms with van der Waals surface area (Å²) < 4.78 is 10.1. The first-order valence-corrected chi connectivity index (χ1v) is 9.12. The Labute approximate surface area is 173 Å². The first-order chi connectivity index (χ1) is 13.9. The summed E-state index contributed by atoms with van der Waals surface area (Å²) in [5.74, 6) is -0.382. The summed E-state index contributed by atoms with van der Waals surface area (Å²) in [5, 5.41) is 5.64. The lowest BCUT2D eigenvalue weighted by atomic mass is 10.0. The fourth-order valence-corrected chi connectivity index (χ4v) is 2.61. The SMILES string of the molecule is COc1ccc(CNC(=O)COC(=O)C[C@H](NC(N)=O)c2ccc(Cl)cc2)cc1. The van der Waals surface area contributed by atoms with Gasteiger partial charge in [-0.2, -0.15) is 0 Å². The molecule has 0 aliphatic carbocycles. The van der Waals surface area contributed by atoms with Gasteiger partial charge in [0.1, 0.15) is 5.75 Å². The number of benzene rings is 2. The summed E-state index contributed by atoms with van der Waals surface area (Å²) in [6.45, 7) is -0.143. The number of urea groups is 1. The van der Waals surface area contributed by atoms with Crippen LogP contribution in [0.4, 0.5) is 4.79 Å². The molecule has 4 N–H and O–H groups in total. The summed E-state index contributed by atoms with van der Waals surface area (Å²) in [6.07, 6.45) is -0.184. The second-order valence-electron chi connectivity index (χ2n) is 6.10. The molecule has 2 aromatic carbocycles. The van der Waals surface area contributed by atoms with Crippen LogP contribution < -0.4 is 21.1 Å². The van der Waals surface area contributed by atoms with E-state index in [4.69, 9.17) is 26.8 Å². The molecular formula is C20H22ClN3O5. The van der Waals surface area contributed by atoms with Gasteiger partial charge in [0.25, 0.3) is 5.91 Å². The molecule has 2 rings (SSSR count). The Hall–Kier alpha value is -3.26. The van der Waals surface area contributed by atoms with E-state index in [1.165, 1.54) is 0 Å². The molecule has 8 nitrogen and oxygen atoms in total. The summed E-state index contributed by atoms with van der Waals surface area (Å²) in [7, 11) is 1.57. The molecule has 3 amide bonds. The van der Waals surface area contributed by atoms with Crippen LogP contribution in [0.3, 0.4) is 0 Å². The number of esters is 1. The van der Waals surface area contributed by atoms with Crippen molar-refractivity contribution in [2.24, 2.45) is 5.73 Å². The van der Waals surface area contributed by atoms with Gasteiger partial charge in [0, 0.05) is 11.6 Å². The number of ether oxygens (including phenoxy) is 2. The van der Waals surface area contributed by atoms with Crippen molar-refractivity contribution in [1.29, 1.82) is 0 Å². The van der Waals surface area contributed by atoms with Gasteiger partial charge in [-0.25, -0.2) is 4.79 Å². The average Bonchev–Trinajstić information content (AvgIpc) is 2.71. The molecule has 29 heavy (non-hydrogen) atoms. The molecule has 0 saturated heterocycles. The fourth-order valence-electron chi connectivity index (χ4n) is 2.49. The molecule has 0 aliphatic rings. The summed E-state index contributed by atoms with van der Waals surface area (Å²) in [4.78, 5) is 35.2. The maximum absolute atomic E-state index is 12.1. The molecule has 0 fully saturated rings. The molecule has 0 unspecified atom stereocenters. The minimum Gasteiger partial charge on any atom is -0.497 e. The highest BCUT2D eigenvalue weighted by Crippen LogP contribution is 2.20. The van der Waals surface area contributed by atoms with Gasteiger partial charge in [-0.05, 0) is 35.4 Å². The predicted octanol–water partition coefficient (Wildman–Crippen LogP) is 2.31. The Kier molecular flexibility index (Phi) is 8.29. The van der Waals surface area contributed by atoms with Crippen molar-refractivity contribution in [3.05, 3.63) is 64.7 Å². The molecule has 0 aromatic heterocycles. The van der Waals surface area contributed by atoms with Gasteiger partial charge in [0.15, 0.2) is 6.61 Å². The van der Waals surface area contributed by atoms with Crippen molar-refractivity contribution in [2.75, 3.05) is 13.7 Å². The van der Waals surface area contributed by atoms with Gasteiger partial charge < -0.3 is 25.8 Å². The molecule has 0 spiro atoms. The molecular weight excluding hydrogens is 398 g/mol. The number of primary amides is 1. The number of hydrogen-bond acceptors (Lipinski definition) is 5. The Morgan fingerprint density at radius 2 is 1.72 bits per heavy atom. The van der Waals surface area contributed by atoms with E-state index in [0.29, 0.717) is 16.3 Å². The maximum atomic E-state index is 12.1. The lowest BCUT2D eigenvalue weighted by molar-refractivity contribution is -0.149. The van der Waals surface area contributed by atoms with Crippen molar-refractivity contribution in [3.63, 3.8) is 0 Å². The van der Waals surface area contributed by atoms with Crippen molar-refractivity contribution in [3.8, 4) is 5.75 Å². The summed E-state index contributed by atoms with van der Waals surface area (Å²) in [6, 6.07) is 12.3. The number of carbonyl (C=O) groups excluding carboxylic acids is 3. The molecule has 0 saturated carbocycles.